The summed E-state index contributed by atoms with van der Waals surface area (Å²) in [5.41, 5.74) is 1.11. The third kappa shape index (κ3) is 4.49. The molecule has 106 valence electrons. The van der Waals surface area contributed by atoms with Crippen LogP contribution in [-0.2, 0) is 9.16 Å². The third-order valence-corrected chi connectivity index (χ3v) is 4.04. The lowest BCUT2D eigenvalue weighted by atomic mass is 10.2. The molecule has 1 aromatic rings. The number of alkyl halides is 2. The van der Waals surface area contributed by atoms with Crippen LogP contribution >= 0.6 is 38.5 Å². The molecule has 0 aromatic heterocycles. The maximum absolute atomic E-state index is 5.98. The van der Waals surface area contributed by atoms with Crippen molar-refractivity contribution in [2.24, 2.45) is 0 Å². The predicted molar refractivity (Wildman–Crippen MR) is 87.7 cm³/mol. The molecule has 3 nitrogen and oxygen atoms in total. The lowest BCUT2D eigenvalue weighted by Gasteiger charge is -2.25. The number of halogens is 2. The van der Waals surface area contributed by atoms with Crippen LogP contribution < -0.4 is 9.47 Å². The van der Waals surface area contributed by atoms with E-state index in [0.29, 0.717) is 6.61 Å². The molecule has 0 bridgehead atoms. The van der Waals surface area contributed by atoms with Gasteiger partial charge >= 0.3 is 0 Å². The van der Waals surface area contributed by atoms with Gasteiger partial charge in [-0.15, -0.1) is 0 Å². The second-order valence-electron chi connectivity index (χ2n) is 4.32. The van der Waals surface area contributed by atoms with Crippen LogP contribution in [0.3, 0.4) is 0 Å². The summed E-state index contributed by atoms with van der Waals surface area (Å²) in [5, 5.41) is 0.824. The highest BCUT2D eigenvalue weighted by molar-refractivity contribution is 14.1. The Morgan fingerprint density at radius 2 is 2.16 bits per heavy atom. The molecular weight excluding hydrogens is 423 g/mol. The fourth-order valence-corrected chi connectivity index (χ4v) is 2.93. The molecular formula is C14H18BrIO3. The fraction of sp³-hybridized carbons (Fsp3) is 0.571. The minimum atomic E-state index is -0.109. The van der Waals surface area contributed by atoms with Crippen LogP contribution in [0.4, 0.5) is 0 Å². The number of hydrogen-bond donors (Lipinski definition) is 0. The number of hydrogen-bond acceptors (Lipinski definition) is 3. The Bertz CT molecular complexity index is 394. The predicted octanol–water partition coefficient (Wildman–Crippen LogP) is 4.30. The van der Waals surface area contributed by atoms with Crippen LogP contribution in [0, 0.1) is 0 Å². The van der Waals surface area contributed by atoms with Gasteiger partial charge in [-0.3, -0.25) is 0 Å². The van der Waals surface area contributed by atoms with Crippen LogP contribution in [0.5, 0.6) is 11.5 Å². The smallest absolute Gasteiger partial charge is 0.199 e. The van der Waals surface area contributed by atoms with Gasteiger partial charge < -0.3 is 14.2 Å². The van der Waals surface area contributed by atoms with Crippen molar-refractivity contribution in [3.8, 4) is 11.5 Å². The average Bonchev–Trinajstić information content (AvgIpc) is 2.46. The highest BCUT2D eigenvalue weighted by atomic mass is 127. The Morgan fingerprint density at radius 3 is 2.84 bits per heavy atom. The summed E-state index contributed by atoms with van der Waals surface area (Å²) in [7, 11) is 0. The molecule has 1 aromatic carbocycles. The topological polar surface area (TPSA) is 27.7 Å². The number of rotatable bonds is 6. The maximum Gasteiger partial charge on any atom is 0.199 e. The molecule has 1 heterocycles. The van der Waals surface area contributed by atoms with Crippen LogP contribution in [0.15, 0.2) is 18.2 Å². The Balaban J connectivity index is 2.09. The zero-order valence-electron chi connectivity index (χ0n) is 10.7. The highest BCUT2D eigenvalue weighted by Gasteiger charge is 2.18. The summed E-state index contributed by atoms with van der Waals surface area (Å²) >= 11 is 5.71. The molecule has 1 aliphatic rings. The first-order valence-electron chi connectivity index (χ1n) is 6.50. The minimum Gasteiger partial charge on any atom is -0.492 e. The van der Waals surface area contributed by atoms with Gasteiger partial charge in [0.15, 0.2) is 6.29 Å². The van der Waals surface area contributed by atoms with Crippen LogP contribution in [0.25, 0.3) is 0 Å². The van der Waals surface area contributed by atoms with Crippen molar-refractivity contribution in [1.82, 2.24) is 0 Å². The van der Waals surface area contributed by atoms with Crippen LogP contribution in [-0.4, -0.2) is 24.8 Å². The standard InChI is InChI=1S/C14H18BrIO3/c15-7-9-17-12-4-3-5-13(11(12)10-16)19-14-6-1-2-8-18-14/h3-5,14H,1-2,6-10H2. The molecule has 19 heavy (non-hydrogen) atoms. The minimum absolute atomic E-state index is 0.109. The Kier molecular flexibility index (Phi) is 6.73. The molecule has 1 fully saturated rings. The molecule has 0 N–H and O–H groups in total. The van der Waals surface area contributed by atoms with Gasteiger partial charge in [-0.05, 0) is 25.0 Å². The molecule has 1 unspecified atom stereocenters. The molecule has 0 aliphatic carbocycles. The van der Waals surface area contributed by atoms with E-state index in [2.05, 4.69) is 38.5 Å². The Labute approximate surface area is 136 Å². The van der Waals surface area contributed by atoms with E-state index < -0.39 is 0 Å². The van der Waals surface area contributed by atoms with E-state index >= 15 is 0 Å². The number of ether oxygens (including phenoxy) is 3. The Hall–Kier alpha value is -0.0100. The Morgan fingerprint density at radius 1 is 1.32 bits per heavy atom. The second kappa shape index (κ2) is 8.32. The molecule has 0 radical (unpaired) electrons. The van der Waals surface area contributed by atoms with Gasteiger partial charge in [-0.2, -0.15) is 0 Å². The molecule has 1 atom stereocenters. The van der Waals surface area contributed by atoms with Crippen LogP contribution in [0.1, 0.15) is 24.8 Å². The summed E-state index contributed by atoms with van der Waals surface area (Å²) < 4.78 is 18.2. The van der Waals surface area contributed by atoms with E-state index in [-0.39, 0.29) is 6.29 Å². The van der Waals surface area contributed by atoms with Crippen molar-refractivity contribution in [2.45, 2.75) is 30.0 Å². The first kappa shape index (κ1) is 15.4. The summed E-state index contributed by atoms with van der Waals surface area (Å²) in [4.78, 5) is 0. The SMILES string of the molecule is BrCCOc1cccc(OC2CCCCO2)c1CI. The largest absolute Gasteiger partial charge is 0.492 e. The molecule has 5 heteroatoms. The van der Waals surface area contributed by atoms with Crippen molar-refractivity contribution in [2.75, 3.05) is 18.5 Å². The molecule has 2 rings (SSSR count). The molecule has 1 aliphatic heterocycles. The summed E-state index contributed by atoms with van der Waals surface area (Å²) in [6.45, 7) is 1.46. The normalized spacial score (nSPS) is 19.2. The molecule has 1 saturated heterocycles. The monoisotopic (exact) mass is 440 g/mol. The van der Waals surface area contributed by atoms with Gasteiger partial charge in [0.05, 0.1) is 13.2 Å². The van der Waals surface area contributed by atoms with Crippen LogP contribution in [0.2, 0.25) is 0 Å². The van der Waals surface area contributed by atoms with Gasteiger partial charge in [0, 0.05) is 21.7 Å². The van der Waals surface area contributed by atoms with Crippen molar-refractivity contribution < 1.29 is 14.2 Å². The third-order valence-electron chi connectivity index (χ3n) is 2.95. The van der Waals surface area contributed by atoms with E-state index in [1.54, 1.807) is 0 Å². The number of benzene rings is 1. The molecule has 0 amide bonds. The van der Waals surface area contributed by atoms with E-state index in [4.69, 9.17) is 14.2 Å². The highest BCUT2D eigenvalue weighted by Crippen LogP contribution is 2.32. The first-order valence-corrected chi connectivity index (χ1v) is 9.14. The van der Waals surface area contributed by atoms with E-state index in [1.165, 1.54) is 6.42 Å². The van der Waals surface area contributed by atoms with Crippen molar-refractivity contribution in [3.05, 3.63) is 23.8 Å². The molecule has 0 saturated carbocycles. The fourth-order valence-electron chi connectivity index (χ4n) is 2.02. The molecule has 0 spiro atoms. The van der Waals surface area contributed by atoms with Crippen molar-refractivity contribution >= 4 is 38.5 Å². The van der Waals surface area contributed by atoms with E-state index in [1.807, 2.05) is 18.2 Å². The average molecular weight is 441 g/mol. The van der Waals surface area contributed by atoms with Gasteiger partial charge in [0.2, 0.25) is 0 Å². The van der Waals surface area contributed by atoms with E-state index in [9.17, 15) is 0 Å². The zero-order valence-corrected chi connectivity index (χ0v) is 14.5. The lowest BCUT2D eigenvalue weighted by molar-refractivity contribution is -0.106. The zero-order chi connectivity index (χ0) is 13.5. The summed E-state index contributed by atoms with van der Waals surface area (Å²) in [6, 6.07) is 5.95. The van der Waals surface area contributed by atoms with Gasteiger partial charge in [0.25, 0.3) is 0 Å². The maximum atomic E-state index is 5.98. The lowest BCUT2D eigenvalue weighted by Crippen LogP contribution is -2.25. The first-order chi connectivity index (χ1) is 9.35. The van der Waals surface area contributed by atoms with Gasteiger partial charge in [-0.25, -0.2) is 0 Å². The summed E-state index contributed by atoms with van der Waals surface area (Å²) in [5.74, 6) is 1.79. The quantitative estimate of drug-likeness (QED) is 0.487. The van der Waals surface area contributed by atoms with Gasteiger partial charge in [-0.1, -0.05) is 44.6 Å². The summed E-state index contributed by atoms with van der Waals surface area (Å²) in [6.07, 6.45) is 3.16. The van der Waals surface area contributed by atoms with E-state index in [0.717, 1.165) is 46.3 Å². The van der Waals surface area contributed by atoms with Gasteiger partial charge in [0.1, 0.15) is 11.5 Å². The second-order valence-corrected chi connectivity index (χ2v) is 5.87. The van der Waals surface area contributed by atoms with Crippen molar-refractivity contribution in [3.63, 3.8) is 0 Å². The van der Waals surface area contributed by atoms with Crippen molar-refractivity contribution in [1.29, 1.82) is 0 Å².